The molecule has 0 aromatic carbocycles. The summed E-state index contributed by atoms with van der Waals surface area (Å²) in [6.45, 7) is 2.63. The van der Waals surface area contributed by atoms with Crippen LogP contribution >= 0.6 is 0 Å². The van der Waals surface area contributed by atoms with Crippen LogP contribution in [0.25, 0.3) is 0 Å². The molecule has 0 amide bonds. The van der Waals surface area contributed by atoms with Gasteiger partial charge in [-0.1, -0.05) is 0 Å². The molecular weight excluding hydrogens is 150 g/mol. The van der Waals surface area contributed by atoms with E-state index in [0.29, 0.717) is 19.5 Å². The second kappa shape index (κ2) is 3.97. The van der Waals surface area contributed by atoms with E-state index in [4.69, 9.17) is 5.73 Å². The highest BCUT2D eigenvalue weighted by molar-refractivity contribution is 4.76. The van der Waals surface area contributed by atoms with Crippen LogP contribution < -0.4 is 5.73 Å². The van der Waals surface area contributed by atoms with Gasteiger partial charge in [0.25, 0.3) is 0 Å². The quantitative estimate of drug-likeness (QED) is 0.659. The Hall–Kier alpha value is -0.220. The van der Waals surface area contributed by atoms with Crippen molar-refractivity contribution in [3.05, 3.63) is 0 Å². The zero-order chi connectivity index (χ0) is 8.27. The highest BCUT2D eigenvalue weighted by atomic mass is 19.3. The minimum atomic E-state index is -2.15. The molecule has 1 aliphatic rings. The lowest BCUT2D eigenvalue weighted by Gasteiger charge is -2.13. The van der Waals surface area contributed by atoms with Crippen molar-refractivity contribution in [3.63, 3.8) is 0 Å². The summed E-state index contributed by atoms with van der Waals surface area (Å²) in [7, 11) is 0. The van der Waals surface area contributed by atoms with Gasteiger partial charge < -0.3 is 10.6 Å². The fraction of sp³-hybridized carbons (Fsp3) is 1.00. The zero-order valence-electron chi connectivity index (χ0n) is 6.47. The molecule has 1 aliphatic heterocycles. The second-order valence-electron chi connectivity index (χ2n) is 2.97. The number of nitrogens with zero attached hydrogens (tertiary/aromatic N) is 1. The lowest BCUT2D eigenvalue weighted by atomic mass is 10.1. The van der Waals surface area contributed by atoms with Gasteiger partial charge >= 0.3 is 0 Å². The number of alkyl halides is 2. The standard InChI is InChI=1S/C7H14F2N2/c8-7(9)6-1-3-11(5-6)4-2-10/h6-7H,1-5,10H2/t6-/m0/s1. The summed E-state index contributed by atoms with van der Waals surface area (Å²) in [5.41, 5.74) is 5.30. The molecule has 0 spiro atoms. The first-order chi connectivity index (χ1) is 5.24. The van der Waals surface area contributed by atoms with Crippen LogP contribution in [0.3, 0.4) is 0 Å². The third-order valence-corrected chi connectivity index (χ3v) is 2.11. The Morgan fingerprint density at radius 2 is 2.27 bits per heavy atom. The molecule has 0 saturated carbocycles. The average molecular weight is 164 g/mol. The maximum atomic E-state index is 12.1. The molecule has 11 heavy (non-hydrogen) atoms. The van der Waals surface area contributed by atoms with Gasteiger partial charge in [0.05, 0.1) is 0 Å². The van der Waals surface area contributed by atoms with Crippen LogP contribution in [0.5, 0.6) is 0 Å². The molecule has 2 nitrogen and oxygen atoms in total. The molecule has 66 valence electrons. The van der Waals surface area contributed by atoms with E-state index in [1.54, 1.807) is 0 Å². The van der Waals surface area contributed by atoms with Crippen molar-refractivity contribution in [1.82, 2.24) is 4.90 Å². The van der Waals surface area contributed by atoms with E-state index in [9.17, 15) is 8.78 Å². The van der Waals surface area contributed by atoms with Crippen LogP contribution in [0.1, 0.15) is 6.42 Å². The van der Waals surface area contributed by atoms with Gasteiger partial charge in [-0.3, -0.25) is 0 Å². The number of likely N-dealkylation sites (tertiary alicyclic amines) is 1. The predicted molar refractivity (Wildman–Crippen MR) is 39.6 cm³/mol. The normalized spacial score (nSPS) is 26.7. The van der Waals surface area contributed by atoms with Crippen molar-refractivity contribution >= 4 is 0 Å². The molecule has 1 atom stereocenters. The molecule has 0 bridgehead atoms. The van der Waals surface area contributed by atoms with Gasteiger partial charge in [-0.15, -0.1) is 0 Å². The molecule has 0 unspecified atom stereocenters. The molecule has 0 aromatic rings. The smallest absolute Gasteiger partial charge is 0.242 e. The highest BCUT2D eigenvalue weighted by Crippen LogP contribution is 2.21. The molecule has 2 N–H and O–H groups in total. The van der Waals surface area contributed by atoms with Crippen molar-refractivity contribution in [2.24, 2.45) is 11.7 Å². The molecule has 4 heteroatoms. The lowest BCUT2D eigenvalue weighted by molar-refractivity contribution is 0.0810. The van der Waals surface area contributed by atoms with Crippen LogP contribution in [-0.2, 0) is 0 Å². The Kier molecular flexibility index (Phi) is 3.20. The van der Waals surface area contributed by atoms with Gasteiger partial charge in [0.2, 0.25) is 6.43 Å². The predicted octanol–water partition coefficient (Wildman–Crippen LogP) is 0.532. The Bertz CT molecular complexity index is 119. The Balaban J connectivity index is 2.23. The van der Waals surface area contributed by atoms with Gasteiger partial charge in [0.15, 0.2) is 0 Å². The summed E-state index contributed by atoms with van der Waals surface area (Å²) >= 11 is 0. The number of halogens is 2. The summed E-state index contributed by atoms with van der Waals surface area (Å²) in [5.74, 6) is -0.415. The van der Waals surface area contributed by atoms with Crippen molar-refractivity contribution in [1.29, 1.82) is 0 Å². The Labute approximate surface area is 65.4 Å². The van der Waals surface area contributed by atoms with Crippen molar-refractivity contribution < 1.29 is 8.78 Å². The maximum absolute atomic E-state index is 12.1. The summed E-state index contributed by atoms with van der Waals surface area (Å²) in [6, 6.07) is 0. The Morgan fingerprint density at radius 1 is 1.55 bits per heavy atom. The van der Waals surface area contributed by atoms with Crippen LogP contribution in [0.15, 0.2) is 0 Å². The van der Waals surface area contributed by atoms with Gasteiger partial charge in [0.1, 0.15) is 0 Å². The average Bonchev–Trinajstić information content (AvgIpc) is 2.37. The topological polar surface area (TPSA) is 29.3 Å². The van der Waals surface area contributed by atoms with Gasteiger partial charge in [-0.05, 0) is 13.0 Å². The van der Waals surface area contributed by atoms with Gasteiger partial charge in [-0.2, -0.15) is 0 Å². The van der Waals surface area contributed by atoms with E-state index in [-0.39, 0.29) is 0 Å². The van der Waals surface area contributed by atoms with Gasteiger partial charge in [-0.25, -0.2) is 8.78 Å². The highest BCUT2D eigenvalue weighted by Gasteiger charge is 2.28. The molecular formula is C7H14F2N2. The van der Waals surface area contributed by atoms with Crippen LogP contribution in [-0.4, -0.2) is 37.5 Å². The number of hydrogen-bond acceptors (Lipinski definition) is 2. The number of rotatable bonds is 3. The van der Waals surface area contributed by atoms with Crippen LogP contribution in [0.2, 0.25) is 0 Å². The first kappa shape index (κ1) is 8.87. The Morgan fingerprint density at radius 3 is 2.73 bits per heavy atom. The molecule has 1 heterocycles. The van der Waals surface area contributed by atoms with Crippen LogP contribution in [0, 0.1) is 5.92 Å². The van der Waals surface area contributed by atoms with E-state index in [2.05, 4.69) is 0 Å². The van der Waals surface area contributed by atoms with Gasteiger partial charge in [0, 0.05) is 25.6 Å². The molecule has 0 radical (unpaired) electrons. The van der Waals surface area contributed by atoms with E-state index in [1.165, 1.54) is 0 Å². The van der Waals surface area contributed by atoms with Crippen LogP contribution in [0.4, 0.5) is 8.78 Å². The monoisotopic (exact) mass is 164 g/mol. The molecule has 1 saturated heterocycles. The van der Waals surface area contributed by atoms with E-state index >= 15 is 0 Å². The third kappa shape index (κ3) is 2.38. The van der Waals surface area contributed by atoms with Crippen molar-refractivity contribution in [2.45, 2.75) is 12.8 Å². The number of hydrogen-bond donors (Lipinski definition) is 1. The zero-order valence-corrected chi connectivity index (χ0v) is 6.47. The van der Waals surface area contributed by atoms with E-state index in [1.807, 2.05) is 4.90 Å². The minimum absolute atomic E-state index is 0.415. The molecule has 0 aromatic heterocycles. The number of nitrogens with two attached hydrogens (primary N) is 1. The fourth-order valence-corrected chi connectivity index (χ4v) is 1.45. The van der Waals surface area contributed by atoms with E-state index < -0.39 is 12.3 Å². The summed E-state index contributed by atoms with van der Waals surface area (Å²) in [5, 5.41) is 0. The fourth-order valence-electron chi connectivity index (χ4n) is 1.45. The lowest BCUT2D eigenvalue weighted by Crippen LogP contribution is -2.28. The maximum Gasteiger partial charge on any atom is 0.242 e. The first-order valence-electron chi connectivity index (χ1n) is 3.94. The largest absolute Gasteiger partial charge is 0.329 e. The second-order valence-corrected chi connectivity index (χ2v) is 2.97. The summed E-state index contributed by atoms with van der Waals surface area (Å²) in [6.07, 6.45) is -1.53. The third-order valence-electron chi connectivity index (χ3n) is 2.11. The summed E-state index contributed by atoms with van der Waals surface area (Å²) in [4.78, 5) is 2.00. The first-order valence-corrected chi connectivity index (χ1v) is 3.94. The molecule has 0 aliphatic carbocycles. The molecule has 1 fully saturated rings. The van der Waals surface area contributed by atoms with E-state index in [0.717, 1.165) is 13.1 Å². The minimum Gasteiger partial charge on any atom is -0.329 e. The van der Waals surface area contributed by atoms with Crippen molar-refractivity contribution in [3.8, 4) is 0 Å². The summed E-state index contributed by atoms with van der Waals surface area (Å²) < 4.78 is 24.2. The van der Waals surface area contributed by atoms with Crippen molar-refractivity contribution in [2.75, 3.05) is 26.2 Å². The molecule has 1 rings (SSSR count). The SMILES string of the molecule is NCCN1CC[C@H](C(F)F)C1.